The highest BCUT2D eigenvalue weighted by Crippen LogP contribution is 2.45. The van der Waals surface area contributed by atoms with E-state index >= 15 is 0 Å². The van der Waals surface area contributed by atoms with Crippen molar-refractivity contribution in [1.29, 1.82) is 0 Å². The fourth-order valence-corrected chi connectivity index (χ4v) is 4.77. The molecule has 0 aliphatic carbocycles. The summed E-state index contributed by atoms with van der Waals surface area (Å²) in [6.07, 6.45) is 4.04. The van der Waals surface area contributed by atoms with Gasteiger partial charge < -0.3 is 20.1 Å². The van der Waals surface area contributed by atoms with Crippen LogP contribution < -0.4 is 15.0 Å². The number of phenols is 1. The molecule has 2 aliphatic rings. The van der Waals surface area contributed by atoms with Crippen molar-refractivity contribution in [2.75, 3.05) is 23.3 Å². The monoisotopic (exact) mass is 431 g/mol. The first kappa shape index (κ1) is 20.2. The number of nitrogens with one attached hydrogen (secondary N) is 1. The number of phenolic OH excluding ortho intramolecular Hbond substituents is 1. The second kappa shape index (κ2) is 7.78. The molecule has 0 saturated carbocycles. The molecule has 0 unspecified atom stereocenters. The van der Waals surface area contributed by atoms with Gasteiger partial charge in [0.1, 0.15) is 11.9 Å². The van der Waals surface area contributed by atoms with E-state index in [1.54, 1.807) is 18.2 Å². The van der Waals surface area contributed by atoms with Gasteiger partial charge in [0.15, 0.2) is 12.1 Å². The Labute approximate surface area is 186 Å². The second-order valence-corrected chi connectivity index (χ2v) is 8.48. The van der Waals surface area contributed by atoms with Crippen LogP contribution in [0.3, 0.4) is 0 Å². The molecular weight excluding hydrogens is 406 g/mol. The van der Waals surface area contributed by atoms with Gasteiger partial charge in [0.2, 0.25) is 5.88 Å². The Morgan fingerprint density at radius 1 is 1.31 bits per heavy atom. The van der Waals surface area contributed by atoms with Crippen molar-refractivity contribution in [1.82, 2.24) is 15.2 Å². The van der Waals surface area contributed by atoms with Crippen LogP contribution in [0.5, 0.6) is 11.6 Å². The number of pyridine rings is 1. The Balaban J connectivity index is 1.47. The molecule has 0 bridgehead atoms. The van der Waals surface area contributed by atoms with E-state index in [0.717, 1.165) is 42.7 Å². The van der Waals surface area contributed by atoms with Gasteiger partial charge in [0, 0.05) is 35.9 Å². The quantitative estimate of drug-likeness (QED) is 0.591. The molecule has 0 spiro atoms. The minimum atomic E-state index is -0.118. The first-order chi connectivity index (χ1) is 15.5. The summed E-state index contributed by atoms with van der Waals surface area (Å²) < 4.78 is 6.30. The van der Waals surface area contributed by atoms with Crippen LogP contribution in [0.2, 0.25) is 0 Å². The van der Waals surface area contributed by atoms with Crippen LogP contribution in [0.15, 0.2) is 42.6 Å². The summed E-state index contributed by atoms with van der Waals surface area (Å²) in [5.74, 6) is 1.47. The van der Waals surface area contributed by atoms with E-state index in [-0.39, 0.29) is 17.4 Å². The molecule has 1 saturated heterocycles. The number of benzene rings is 1. The number of para-hydroxylation sites is 1. The Morgan fingerprint density at radius 2 is 2.16 bits per heavy atom. The summed E-state index contributed by atoms with van der Waals surface area (Å²) in [7, 11) is 0. The van der Waals surface area contributed by atoms with E-state index in [4.69, 9.17) is 4.74 Å². The highest BCUT2D eigenvalue weighted by molar-refractivity contribution is 5.77. The van der Waals surface area contributed by atoms with Gasteiger partial charge in [0.25, 0.3) is 0 Å². The highest BCUT2D eigenvalue weighted by atomic mass is 16.5. The average molecular weight is 431 g/mol. The van der Waals surface area contributed by atoms with Gasteiger partial charge in [-0.2, -0.15) is 0 Å². The number of aromatic hydroxyl groups is 1. The molecular formula is C24H25N5O3. The number of aryl methyl sites for hydroxylation is 1. The standard InChI is InChI=1S/C24H25N5O3/c1-3-24-10-17(32-23-15(2)8-16(13-30)11-25-23)12-29(24)20-9-19(27-28-22(20)26-14-24)18-6-4-5-7-21(18)31/h4-9,11,13,17,31H,3,10,12,14H2,1-2H3,(H,26,28)/t17-,24+/m1/s1. The molecule has 5 rings (SSSR count). The van der Waals surface area contributed by atoms with E-state index in [1.807, 2.05) is 25.1 Å². The molecule has 1 aromatic carbocycles. The maximum absolute atomic E-state index is 11.0. The lowest BCUT2D eigenvalue weighted by Gasteiger charge is -2.43. The van der Waals surface area contributed by atoms with Gasteiger partial charge in [-0.05, 0) is 37.6 Å². The zero-order valence-electron chi connectivity index (χ0n) is 18.1. The van der Waals surface area contributed by atoms with Crippen LogP contribution in [0, 0.1) is 6.92 Å². The molecule has 0 radical (unpaired) electrons. The molecule has 2 N–H and O–H groups in total. The highest BCUT2D eigenvalue weighted by Gasteiger charge is 2.49. The Morgan fingerprint density at radius 3 is 2.91 bits per heavy atom. The lowest BCUT2D eigenvalue weighted by Crippen LogP contribution is -2.52. The van der Waals surface area contributed by atoms with E-state index in [0.29, 0.717) is 29.2 Å². The van der Waals surface area contributed by atoms with Crippen molar-refractivity contribution in [2.24, 2.45) is 0 Å². The second-order valence-electron chi connectivity index (χ2n) is 8.48. The van der Waals surface area contributed by atoms with Gasteiger partial charge >= 0.3 is 0 Å². The maximum Gasteiger partial charge on any atom is 0.216 e. The molecule has 3 aromatic rings. The molecule has 32 heavy (non-hydrogen) atoms. The number of fused-ring (bicyclic) bond motifs is 3. The first-order valence-electron chi connectivity index (χ1n) is 10.8. The number of aromatic nitrogens is 3. The predicted molar refractivity (Wildman–Crippen MR) is 121 cm³/mol. The summed E-state index contributed by atoms with van der Waals surface area (Å²) in [6.45, 7) is 5.52. The van der Waals surface area contributed by atoms with Crippen LogP contribution in [-0.2, 0) is 0 Å². The average Bonchev–Trinajstić information content (AvgIpc) is 3.19. The molecule has 2 atom stereocenters. The largest absolute Gasteiger partial charge is 0.507 e. The van der Waals surface area contributed by atoms with E-state index in [9.17, 15) is 9.90 Å². The zero-order chi connectivity index (χ0) is 22.3. The van der Waals surface area contributed by atoms with Crippen LogP contribution in [0.25, 0.3) is 11.3 Å². The third kappa shape index (κ3) is 3.32. The van der Waals surface area contributed by atoms with Crippen molar-refractivity contribution in [3.05, 3.63) is 53.7 Å². The van der Waals surface area contributed by atoms with Crippen molar-refractivity contribution < 1.29 is 14.6 Å². The summed E-state index contributed by atoms with van der Waals surface area (Å²) in [5.41, 5.74) is 3.50. The number of aldehydes is 1. The van der Waals surface area contributed by atoms with Crippen molar-refractivity contribution in [2.45, 2.75) is 38.3 Å². The van der Waals surface area contributed by atoms with Crippen LogP contribution in [-0.4, -0.2) is 51.3 Å². The summed E-state index contributed by atoms with van der Waals surface area (Å²) in [5, 5.41) is 22.5. The van der Waals surface area contributed by atoms with Crippen molar-refractivity contribution >= 4 is 17.8 Å². The number of ether oxygens (including phenoxy) is 1. The van der Waals surface area contributed by atoms with Gasteiger partial charge in [-0.3, -0.25) is 4.79 Å². The number of carbonyl (C=O) groups excluding carboxylic acids is 1. The molecule has 2 aromatic heterocycles. The minimum absolute atomic E-state index is 0.0577. The van der Waals surface area contributed by atoms with E-state index < -0.39 is 0 Å². The van der Waals surface area contributed by atoms with Crippen molar-refractivity contribution in [3.63, 3.8) is 0 Å². The molecule has 2 aliphatic heterocycles. The Bertz CT molecular complexity index is 1180. The maximum atomic E-state index is 11.0. The number of anilines is 2. The zero-order valence-corrected chi connectivity index (χ0v) is 18.1. The fraction of sp³-hybridized carbons (Fsp3) is 0.333. The van der Waals surface area contributed by atoms with E-state index in [1.165, 1.54) is 6.20 Å². The fourth-order valence-electron chi connectivity index (χ4n) is 4.77. The van der Waals surface area contributed by atoms with Crippen molar-refractivity contribution in [3.8, 4) is 22.9 Å². The number of hydrogen-bond acceptors (Lipinski definition) is 8. The summed E-state index contributed by atoms with van der Waals surface area (Å²) >= 11 is 0. The van der Waals surface area contributed by atoms with Crippen LogP contribution >= 0.6 is 0 Å². The van der Waals surface area contributed by atoms with Gasteiger partial charge in [-0.15, -0.1) is 10.2 Å². The van der Waals surface area contributed by atoms with Gasteiger partial charge in [0.05, 0.1) is 23.5 Å². The molecule has 8 nitrogen and oxygen atoms in total. The smallest absolute Gasteiger partial charge is 0.216 e. The molecule has 8 heteroatoms. The Hall–Kier alpha value is -3.68. The Kier molecular flexibility index (Phi) is 4.92. The first-order valence-corrected chi connectivity index (χ1v) is 10.8. The molecule has 0 amide bonds. The van der Waals surface area contributed by atoms with Crippen LogP contribution in [0.4, 0.5) is 11.5 Å². The molecule has 164 valence electrons. The minimum Gasteiger partial charge on any atom is -0.507 e. The number of carbonyl (C=O) groups is 1. The van der Waals surface area contributed by atoms with Gasteiger partial charge in [-0.25, -0.2) is 4.98 Å². The SMILES string of the molecule is CC[C@]12CNc3nnc(-c4ccccc4O)cc3N1C[C@H](Oc1ncc(C=O)cc1C)C2. The van der Waals surface area contributed by atoms with E-state index in [2.05, 4.69) is 32.3 Å². The third-order valence-electron chi connectivity index (χ3n) is 6.52. The number of nitrogens with zero attached hydrogens (tertiary/aromatic N) is 4. The van der Waals surface area contributed by atoms with Gasteiger partial charge in [-0.1, -0.05) is 19.1 Å². The molecule has 1 fully saturated rings. The third-order valence-corrected chi connectivity index (χ3v) is 6.52. The molecule has 4 heterocycles. The summed E-state index contributed by atoms with van der Waals surface area (Å²) in [6, 6.07) is 10.9. The van der Waals surface area contributed by atoms with Crippen LogP contribution in [0.1, 0.15) is 35.7 Å². The topological polar surface area (TPSA) is 100 Å². The normalized spacial score (nSPS) is 21.4. The lowest BCUT2D eigenvalue weighted by molar-refractivity contribution is 0.112. The summed E-state index contributed by atoms with van der Waals surface area (Å²) in [4.78, 5) is 17.7. The number of rotatable bonds is 5. The lowest BCUT2D eigenvalue weighted by atomic mass is 9.90. The predicted octanol–water partition coefficient (Wildman–Crippen LogP) is 3.60. The number of hydrogen-bond donors (Lipinski definition) is 2.